The third-order valence-corrected chi connectivity index (χ3v) is 3.26. The van der Waals surface area contributed by atoms with Crippen LogP contribution >= 0.6 is 15.9 Å². The number of para-hydroxylation sites is 1. The summed E-state index contributed by atoms with van der Waals surface area (Å²) in [6, 6.07) is 15.7. The normalized spacial score (nSPS) is 9.83. The maximum Gasteiger partial charge on any atom is 0.127 e. The molecule has 2 nitrogen and oxygen atoms in total. The number of benzene rings is 2. The molecule has 0 aliphatic rings. The zero-order valence-electron chi connectivity index (χ0n) is 9.98. The standard InChI is InChI=1S/C15H12BrNO/c1-2-18-15-9-4-3-6-12(15)11-7-5-8-14(16)13(11)10-17/h3-9H,2H2,1H3. The van der Waals surface area contributed by atoms with Gasteiger partial charge in [-0.05, 0) is 35.0 Å². The smallest absolute Gasteiger partial charge is 0.127 e. The zero-order valence-corrected chi connectivity index (χ0v) is 11.6. The highest BCUT2D eigenvalue weighted by atomic mass is 79.9. The molecule has 0 aliphatic carbocycles. The largest absolute Gasteiger partial charge is 0.493 e. The molecule has 0 fully saturated rings. The lowest BCUT2D eigenvalue weighted by molar-refractivity contribution is 0.341. The van der Waals surface area contributed by atoms with Crippen LogP contribution in [0.25, 0.3) is 11.1 Å². The second-order valence-corrected chi connectivity index (χ2v) is 4.56. The predicted octanol–water partition coefficient (Wildman–Crippen LogP) is 4.39. The van der Waals surface area contributed by atoms with Crippen molar-refractivity contribution in [3.8, 4) is 22.9 Å². The van der Waals surface area contributed by atoms with E-state index >= 15 is 0 Å². The van der Waals surface area contributed by atoms with Gasteiger partial charge in [-0.3, -0.25) is 0 Å². The minimum Gasteiger partial charge on any atom is -0.493 e. The first-order valence-corrected chi connectivity index (χ1v) is 6.48. The van der Waals surface area contributed by atoms with Gasteiger partial charge in [0.25, 0.3) is 0 Å². The van der Waals surface area contributed by atoms with Crippen molar-refractivity contribution in [1.82, 2.24) is 0 Å². The second-order valence-electron chi connectivity index (χ2n) is 3.70. The molecule has 0 unspecified atom stereocenters. The van der Waals surface area contributed by atoms with E-state index in [9.17, 15) is 5.26 Å². The highest BCUT2D eigenvalue weighted by molar-refractivity contribution is 9.10. The van der Waals surface area contributed by atoms with Crippen LogP contribution < -0.4 is 4.74 Å². The van der Waals surface area contributed by atoms with Crippen molar-refractivity contribution in [3.63, 3.8) is 0 Å². The quantitative estimate of drug-likeness (QED) is 0.842. The Morgan fingerprint density at radius 3 is 2.56 bits per heavy atom. The molecule has 0 spiro atoms. The molecule has 0 bridgehead atoms. The average Bonchev–Trinajstić information content (AvgIpc) is 2.39. The number of nitrogens with zero attached hydrogens (tertiary/aromatic N) is 1. The Bertz CT molecular complexity index is 602. The summed E-state index contributed by atoms with van der Waals surface area (Å²) in [4.78, 5) is 0. The summed E-state index contributed by atoms with van der Waals surface area (Å²) < 4.78 is 6.41. The minimum absolute atomic E-state index is 0.604. The molecule has 2 rings (SSSR count). The summed E-state index contributed by atoms with van der Waals surface area (Å²) in [5, 5.41) is 9.26. The molecule has 0 aliphatic heterocycles. The molecule has 3 heteroatoms. The van der Waals surface area contributed by atoms with Crippen LogP contribution in [0.4, 0.5) is 0 Å². The molecule has 0 aromatic heterocycles. The third-order valence-electron chi connectivity index (χ3n) is 2.60. The molecule has 90 valence electrons. The first-order valence-electron chi connectivity index (χ1n) is 5.68. The first-order chi connectivity index (χ1) is 8.77. The Labute approximate surface area is 115 Å². The Kier molecular flexibility index (Phi) is 4.01. The SMILES string of the molecule is CCOc1ccccc1-c1cccc(Br)c1C#N. The number of ether oxygens (including phenoxy) is 1. The van der Waals surface area contributed by atoms with Crippen molar-refractivity contribution >= 4 is 15.9 Å². The fourth-order valence-corrected chi connectivity index (χ4v) is 2.29. The molecular weight excluding hydrogens is 290 g/mol. The molecule has 0 atom stereocenters. The molecule has 0 amide bonds. The summed E-state index contributed by atoms with van der Waals surface area (Å²) in [5.41, 5.74) is 2.46. The maximum absolute atomic E-state index is 9.26. The van der Waals surface area contributed by atoms with E-state index < -0.39 is 0 Å². The van der Waals surface area contributed by atoms with Crippen molar-refractivity contribution in [2.45, 2.75) is 6.92 Å². The summed E-state index contributed by atoms with van der Waals surface area (Å²) >= 11 is 3.40. The minimum atomic E-state index is 0.604. The van der Waals surface area contributed by atoms with E-state index in [0.717, 1.165) is 21.3 Å². The van der Waals surface area contributed by atoms with E-state index in [1.807, 2.05) is 49.4 Å². The first kappa shape index (κ1) is 12.7. The lowest BCUT2D eigenvalue weighted by Crippen LogP contribution is -1.95. The average molecular weight is 302 g/mol. The van der Waals surface area contributed by atoms with Crippen LogP contribution in [0.1, 0.15) is 12.5 Å². The van der Waals surface area contributed by atoms with Gasteiger partial charge < -0.3 is 4.74 Å². The predicted molar refractivity (Wildman–Crippen MR) is 75.5 cm³/mol. The van der Waals surface area contributed by atoms with Crippen LogP contribution in [0.3, 0.4) is 0 Å². The molecule has 0 N–H and O–H groups in total. The Balaban J connectivity index is 2.63. The second kappa shape index (κ2) is 5.70. The van der Waals surface area contributed by atoms with E-state index in [-0.39, 0.29) is 0 Å². The van der Waals surface area contributed by atoms with Gasteiger partial charge in [-0.25, -0.2) is 0 Å². The van der Waals surface area contributed by atoms with Crippen LogP contribution in [0, 0.1) is 11.3 Å². The van der Waals surface area contributed by atoms with Crippen LogP contribution in [-0.4, -0.2) is 6.61 Å². The van der Waals surface area contributed by atoms with E-state index in [0.29, 0.717) is 12.2 Å². The lowest BCUT2D eigenvalue weighted by atomic mass is 9.99. The number of nitriles is 1. The topological polar surface area (TPSA) is 33.0 Å². The Morgan fingerprint density at radius 1 is 1.11 bits per heavy atom. The van der Waals surface area contributed by atoms with Gasteiger partial charge >= 0.3 is 0 Å². The Hall–Kier alpha value is -1.79. The van der Waals surface area contributed by atoms with Crippen molar-refractivity contribution in [2.24, 2.45) is 0 Å². The fraction of sp³-hybridized carbons (Fsp3) is 0.133. The van der Waals surface area contributed by atoms with Gasteiger partial charge in [0, 0.05) is 15.6 Å². The molecule has 0 radical (unpaired) electrons. The van der Waals surface area contributed by atoms with Crippen LogP contribution in [0.15, 0.2) is 46.9 Å². The molecule has 0 saturated carbocycles. The van der Waals surface area contributed by atoms with Crippen LogP contribution in [0.2, 0.25) is 0 Å². The van der Waals surface area contributed by atoms with E-state index in [1.54, 1.807) is 0 Å². The molecule has 0 heterocycles. The van der Waals surface area contributed by atoms with Crippen molar-refractivity contribution < 1.29 is 4.74 Å². The van der Waals surface area contributed by atoms with Crippen molar-refractivity contribution in [2.75, 3.05) is 6.61 Å². The highest BCUT2D eigenvalue weighted by Gasteiger charge is 2.11. The molecule has 18 heavy (non-hydrogen) atoms. The maximum atomic E-state index is 9.26. The molecule has 2 aromatic rings. The summed E-state index contributed by atoms with van der Waals surface area (Å²) in [6.45, 7) is 2.55. The summed E-state index contributed by atoms with van der Waals surface area (Å²) in [6.07, 6.45) is 0. The third kappa shape index (κ3) is 2.39. The number of hydrogen-bond donors (Lipinski definition) is 0. The van der Waals surface area contributed by atoms with Gasteiger partial charge in [-0.1, -0.05) is 30.3 Å². The van der Waals surface area contributed by atoms with Gasteiger partial charge in [0.1, 0.15) is 11.8 Å². The highest BCUT2D eigenvalue weighted by Crippen LogP contribution is 2.34. The van der Waals surface area contributed by atoms with E-state index in [1.165, 1.54) is 0 Å². The van der Waals surface area contributed by atoms with Gasteiger partial charge in [-0.15, -0.1) is 0 Å². The molecular formula is C15H12BrNO. The fourth-order valence-electron chi connectivity index (χ4n) is 1.83. The van der Waals surface area contributed by atoms with E-state index in [4.69, 9.17) is 4.74 Å². The van der Waals surface area contributed by atoms with Crippen LogP contribution in [-0.2, 0) is 0 Å². The van der Waals surface area contributed by atoms with Crippen molar-refractivity contribution in [3.05, 3.63) is 52.5 Å². The molecule has 0 saturated heterocycles. The molecule has 2 aromatic carbocycles. The number of hydrogen-bond acceptors (Lipinski definition) is 2. The Morgan fingerprint density at radius 2 is 1.83 bits per heavy atom. The lowest BCUT2D eigenvalue weighted by Gasteiger charge is -2.11. The van der Waals surface area contributed by atoms with E-state index in [2.05, 4.69) is 22.0 Å². The summed E-state index contributed by atoms with van der Waals surface area (Å²) in [5.74, 6) is 0.801. The zero-order chi connectivity index (χ0) is 13.0. The van der Waals surface area contributed by atoms with Crippen molar-refractivity contribution in [1.29, 1.82) is 5.26 Å². The monoisotopic (exact) mass is 301 g/mol. The van der Waals surface area contributed by atoms with Crippen LogP contribution in [0.5, 0.6) is 5.75 Å². The number of rotatable bonds is 3. The van der Waals surface area contributed by atoms with Gasteiger partial charge in [0.15, 0.2) is 0 Å². The summed E-state index contributed by atoms with van der Waals surface area (Å²) in [7, 11) is 0. The van der Waals surface area contributed by atoms with Gasteiger partial charge in [-0.2, -0.15) is 5.26 Å². The van der Waals surface area contributed by atoms with Gasteiger partial charge in [0.2, 0.25) is 0 Å². The number of halogens is 1. The van der Waals surface area contributed by atoms with Gasteiger partial charge in [0.05, 0.1) is 12.2 Å².